The topological polar surface area (TPSA) is 84.5 Å². The molecule has 0 aliphatic rings. The van der Waals surface area contributed by atoms with Crippen molar-refractivity contribution in [1.82, 2.24) is 10.0 Å². The van der Waals surface area contributed by atoms with Crippen molar-refractivity contribution in [2.75, 3.05) is 13.7 Å². The summed E-state index contributed by atoms with van der Waals surface area (Å²) in [6.45, 7) is 6.42. The van der Waals surface area contributed by atoms with Crippen LogP contribution < -0.4 is 14.8 Å². The Morgan fingerprint density at radius 3 is 2.38 bits per heavy atom. The van der Waals surface area contributed by atoms with Crippen molar-refractivity contribution >= 4 is 15.9 Å². The van der Waals surface area contributed by atoms with Crippen LogP contribution in [0.4, 0.5) is 0 Å². The Hall–Kier alpha value is -2.38. The first-order chi connectivity index (χ1) is 13.7. The lowest BCUT2D eigenvalue weighted by molar-refractivity contribution is -0.122. The minimum absolute atomic E-state index is 0.101. The molecule has 29 heavy (non-hydrogen) atoms. The smallest absolute Gasteiger partial charge is 0.241 e. The molecule has 0 saturated heterocycles. The molecule has 0 saturated carbocycles. The Morgan fingerprint density at radius 1 is 1.10 bits per heavy atom. The van der Waals surface area contributed by atoms with Gasteiger partial charge in [0.05, 0.1) is 12.0 Å². The number of nitrogens with one attached hydrogen (secondary N) is 2. The molecule has 2 aromatic rings. The third kappa shape index (κ3) is 6.87. The Labute approximate surface area is 173 Å². The van der Waals surface area contributed by atoms with Gasteiger partial charge in [0.2, 0.25) is 15.9 Å². The predicted molar refractivity (Wildman–Crippen MR) is 114 cm³/mol. The lowest BCUT2D eigenvalue weighted by atomic mass is 10.1. The quantitative estimate of drug-likeness (QED) is 0.621. The van der Waals surface area contributed by atoms with Gasteiger partial charge >= 0.3 is 0 Å². The molecule has 0 spiro atoms. The highest BCUT2D eigenvalue weighted by atomic mass is 32.2. The third-order valence-electron chi connectivity index (χ3n) is 4.59. The van der Waals surface area contributed by atoms with Crippen LogP contribution >= 0.6 is 0 Å². The highest BCUT2D eigenvalue weighted by Gasteiger charge is 2.26. The molecule has 6 nitrogen and oxygen atoms in total. The second-order valence-electron chi connectivity index (χ2n) is 7.47. The Balaban J connectivity index is 2.22. The molecule has 0 unspecified atom stereocenters. The number of sulfonamides is 1. The number of amides is 1. The summed E-state index contributed by atoms with van der Waals surface area (Å²) in [6, 6.07) is 13.1. The molecular formula is C22H30N2O4S. The van der Waals surface area contributed by atoms with Crippen molar-refractivity contribution in [2.24, 2.45) is 5.92 Å². The summed E-state index contributed by atoms with van der Waals surface area (Å²) in [5.41, 5.74) is 1.58. The summed E-state index contributed by atoms with van der Waals surface area (Å²) < 4.78 is 33.7. The molecule has 0 heterocycles. The van der Waals surface area contributed by atoms with E-state index in [2.05, 4.69) is 23.9 Å². The van der Waals surface area contributed by atoms with E-state index in [0.29, 0.717) is 23.8 Å². The fraction of sp³-hybridized carbons (Fsp3) is 0.409. The summed E-state index contributed by atoms with van der Waals surface area (Å²) in [5, 5.41) is 2.85. The average Bonchev–Trinajstić information content (AvgIpc) is 2.67. The number of ether oxygens (including phenoxy) is 1. The summed E-state index contributed by atoms with van der Waals surface area (Å²) in [4.78, 5) is 12.8. The molecule has 2 aromatic carbocycles. The maximum atomic E-state index is 12.9. The van der Waals surface area contributed by atoms with Crippen LogP contribution in [0, 0.1) is 12.8 Å². The zero-order valence-electron chi connectivity index (χ0n) is 17.4. The van der Waals surface area contributed by atoms with Gasteiger partial charge in [-0.1, -0.05) is 44.2 Å². The van der Waals surface area contributed by atoms with Crippen LogP contribution in [-0.2, 0) is 21.2 Å². The molecule has 0 aliphatic carbocycles. The van der Waals surface area contributed by atoms with E-state index in [-0.39, 0.29) is 17.2 Å². The minimum atomic E-state index is -3.88. The van der Waals surface area contributed by atoms with Crippen molar-refractivity contribution < 1.29 is 17.9 Å². The summed E-state index contributed by atoms with van der Waals surface area (Å²) in [5.74, 6) is 0.723. The Bertz CT molecular complexity index is 912. The first-order valence-corrected chi connectivity index (χ1v) is 11.2. The monoisotopic (exact) mass is 418 g/mol. The standard InChI is InChI=1S/C22H30N2O4S/c1-16(2)12-13-23-22(25)20(15-18-8-6-5-7-9-18)24-29(26,27)19-10-11-21(28-4)17(3)14-19/h5-11,14,16,20,24H,12-13,15H2,1-4H3,(H,23,25)/t20-/m0/s1. The normalized spacial score (nSPS) is 12.6. The third-order valence-corrected chi connectivity index (χ3v) is 6.06. The maximum Gasteiger partial charge on any atom is 0.241 e. The van der Waals surface area contributed by atoms with Gasteiger partial charge in [-0.15, -0.1) is 0 Å². The number of hydrogen-bond donors (Lipinski definition) is 2. The molecule has 158 valence electrons. The van der Waals surface area contributed by atoms with Crippen LogP contribution in [0.15, 0.2) is 53.4 Å². The number of aryl methyl sites for hydroxylation is 1. The Morgan fingerprint density at radius 2 is 1.79 bits per heavy atom. The first kappa shape index (κ1) is 22.9. The molecule has 2 rings (SSSR count). The summed E-state index contributed by atoms with van der Waals surface area (Å²) in [7, 11) is -2.35. The fourth-order valence-electron chi connectivity index (χ4n) is 2.92. The van der Waals surface area contributed by atoms with Gasteiger partial charge in [0.25, 0.3) is 0 Å². The zero-order chi connectivity index (χ0) is 21.4. The predicted octanol–water partition coefficient (Wildman–Crippen LogP) is 3.06. The van der Waals surface area contributed by atoms with E-state index < -0.39 is 16.1 Å². The van der Waals surface area contributed by atoms with Crippen molar-refractivity contribution in [3.8, 4) is 5.75 Å². The van der Waals surface area contributed by atoms with E-state index in [1.165, 1.54) is 19.2 Å². The van der Waals surface area contributed by atoms with Gasteiger partial charge in [-0.25, -0.2) is 8.42 Å². The van der Waals surface area contributed by atoms with Crippen molar-refractivity contribution in [2.45, 2.75) is 44.6 Å². The van der Waals surface area contributed by atoms with Crippen LogP contribution in [0.5, 0.6) is 5.75 Å². The molecule has 1 amide bonds. The molecule has 2 N–H and O–H groups in total. The molecule has 0 radical (unpaired) electrons. The number of methoxy groups -OCH3 is 1. The summed E-state index contributed by atoms with van der Waals surface area (Å²) in [6.07, 6.45) is 1.09. The van der Waals surface area contributed by atoms with Crippen molar-refractivity contribution in [1.29, 1.82) is 0 Å². The van der Waals surface area contributed by atoms with Gasteiger partial charge in [-0.05, 0) is 55.0 Å². The van der Waals surface area contributed by atoms with E-state index in [0.717, 1.165) is 12.0 Å². The van der Waals surface area contributed by atoms with Gasteiger partial charge < -0.3 is 10.1 Å². The summed E-state index contributed by atoms with van der Waals surface area (Å²) >= 11 is 0. The van der Waals surface area contributed by atoms with Crippen LogP contribution in [0.25, 0.3) is 0 Å². The van der Waals surface area contributed by atoms with Crippen molar-refractivity contribution in [3.05, 3.63) is 59.7 Å². The second kappa shape index (κ2) is 10.4. The van der Waals surface area contributed by atoms with Gasteiger partial charge in [0.15, 0.2) is 0 Å². The number of hydrogen-bond acceptors (Lipinski definition) is 4. The van der Waals surface area contributed by atoms with Gasteiger partial charge in [-0.3, -0.25) is 4.79 Å². The van der Waals surface area contributed by atoms with E-state index in [4.69, 9.17) is 4.74 Å². The van der Waals surface area contributed by atoms with Crippen LogP contribution in [-0.4, -0.2) is 34.0 Å². The lowest BCUT2D eigenvalue weighted by Gasteiger charge is -2.19. The molecule has 0 aromatic heterocycles. The van der Waals surface area contributed by atoms with E-state index >= 15 is 0 Å². The van der Waals surface area contributed by atoms with E-state index in [1.807, 2.05) is 30.3 Å². The molecule has 0 aliphatic heterocycles. The van der Waals surface area contributed by atoms with Gasteiger partial charge in [0.1, 0.15) is 11.8 Å². The molecule has 0 fully saturated rings. The van der Waals surface area contributed by atoms with Crippen LogP contribution in [0.3, 0.4) is 0 Å². The lowest BCUT2D eigenvalue weighted by Crippen LogP contribution is -2.48. The average molecular weight is 419 g/mol. The number of carbonyl (C=O) groups excluding carboxylic acids is 1. The zero-order valence-corrected chi connectivity index (χ0v) is 18.3. The minimum Gasteiger partial charge on any atom is -0.496 e. The largest absolute Gasteiger partial charge is 0.496 e. The van der Waals surface area contributed by atoms with E-state index in [1.54, 1.807) is 13.0 Å². The Kier molecular flexibility index (Phi) is 8.22. The molecule has 1 atom stereocenters. The molecule has 7 heteroatoms. The van der Waals surface area contributed by atoms with Gasteiger partial charge in [0, 0.05) is 6.54 Å². The number of benzene rings is 2. The SMILES string of the molecule is COc1ccc(S(=O)(=O)N[C@@H](Cc2ccccc2)C(=O)NCCC(C)C)cc1C. The van der Waals surface area contributed by atoms with Crippen LogP contribution in [0.1, 0.15) is 31.4 Å². The highest BCUT2D eigenvalue weighted by Crippen LogP contribution is 2.21. The molecular weight excluding hydrogens is 388 g/mol. The number of carbonyl (C=O) groups is 1. The van der Waals surface area contributed by atoms with Crippen molar-refractivity contribution in [3.63, 3.8) is 0 Å². The van der Waals surface area contributed by atoms with Crippen LogP contribution in [0.2, 0.25) is 0 Å². The fourth-order valence-corrected chi connectivity index (χ4v) is 4.20. The highest BCUT2D eigenvalue weighted by molar-refractivity contribution is 7.89. The second-order valence-corrected chi connectivity index (χ2v) is 9.18. The maximum absolute atomic E-state index is 12.9. The van der Waals surface area contributed by atoms with Gasteiger partial charge in [-0.2, -0.15) is 4.72 Å². The first-order valence-electron chi connectivity index (χ1n) is 9.71. The number of rotatable bonds is 10. The molecule has 0 bridgehead atoms. The van der Waals surface area contributed by atoms with E-state index in [9.17, 15) is 13.2 Å².